The average molecular weight is 209 g/mol. The highest BCUT2D eigenvalue weighted by Crippen LogP contribution is 2.32. The van der Waals surface area contributed by atoms with Gasteiger partial charge in [0.2, 0.25) is 0 Å². The van der Waals surface area contributed by atoms with Gasteiger partial charge in [-0.05, 0) is 32.1 Å². The summed E-state index contributed by atoms with van der Waals surface area (Å²) in [4.78, 5) is 2.60. The molecule has 0 aromatic rings. The third kappa shape index (κ3) is 3.07. The standard InChI is InChI=1S/C14H27N/c1-7-14(5,6)15-10-8-12(9-11-15)13(2,3)4/h8H,7,9-11H2,1-6H3. The Labute approximate surface area is 95.5 Å². The lowest BCUT2D eigenvalue weighted by Gasteiger charge is -2.41. The van der Waals surface area contributed by atoms with Crippen molar-refractivity contribution in [1.82, 2.24) is 4.90 Å². The SMILES string of the molecule is CCC(C)(C)N1CC=C(C(C)(C)C)CC1. The maximum Gasteiger partial charge on any atom is 0.0171 e. The molecule has 1 heterocycles. The first kappa shape index (κ1) is 12.8. The van der Waals surface area contributed by atoms with Crippen LogP contribution in [0.2, 0.25) is 0 Å². The van der Waals surface area contributed by atoms with Crippen LogP contribution in [0.15, 0.2) is 11.6 Å². The van der Waals surface area contributed by atoms with E-state index in [0.717, 1.165) is 6.54 Å². The summed E-state index contributed by atoms with van der Waals surface area (Å²) < 4.78 is 0. The van der Waals surface area contributed by atoms with Crippen molar-refractivity contribution in [1.29, 1.82) is 0 Å². The zero-order chi connectivity index (χ0) is 11.7. The van der Waals surface area contributed by atoms with E-state index < -0.39 is 0 Å². The first-order valence-electron chi connectivity index (χ1n) is 6.22. The lowest BCUT2D eigenvalue weighted by molar-refractivity contribution is 0.123. The third-order valence-electron chi connectivity index (χ3n) is 3.89. The normalized spacial score (nSPS) is 20.3. The Hall–Kier alpha value is -0.300. The molecule has 1 aliphatic rings. The molecular weight excluding hydrogens is 182 g/mol. The van der Waals surface area contributed by atoms with Crippen molar-refractivity contribution in [3.63, 3.8) is 0 Å². The van der Waals surface area contributed by atoms with E-state index >= 15 is 0 Å². The van der Waals surface area contributed by atoms with Crippen molar-refractivity contribution in [3.8, 4) is 0 Å². The number of hydrogen-bond acceptors (Lipinski definition) is 1. The van der Waals surface area contributed by atoms with E-state index in [0.29, 0.717) is 11.0 Å². The van der Waals surface area contributed by atoms with E-state index in [1.54, 1.807) is 5.57 Å². The molecule has 1 nitrogen and oxygen atoms in total. The van der Waals surface area contributed by atoms with Crippen molar-refractivity contribution < 1.29 is 0 Å². The van der Waals surface area contributed by atoms with Crippen molar-refractivity contribution in [2.24, 2.45) is 5.41 Å². The minimum atomic E-state index is 0.361. The van der Waals surface area contributed by atoms with Crippen LogP contribution in [-0.4, -0.2) is 23.5 Å². The molecule has 1 aliphatic heterocycles. The van der Waals surface area contributed by atoms with Crippen molar-refractivity contribution in [3.05, 3.63) is 11.6 Å². The topological polar surface area (TPSA) is 3.24 Å². The molecule has 0 N–H and O–H groups in total. The Kier molecular flexibility index (Phi) is 3.65. The van der Waals surface area contributed by atoms with Crippen molar-refractivity contribution in [2.45, 2.75) is 59.9 Å². The molecule has 1 rings (SSSR count). The van der Waals surface area contributed by atoms with Crippen LogP contribution in [0.4, 0.5) is 0 Å². The maximum absolute atomic E-state index is 2.60. The summed E-state index contributed by atoms with van der Waals surface area (Å²) >= 11 is 0. The van der Waals surface area contributed by atoms with E-state index in [-0.39, 0.29) is 0 Å². The van der Waals surface area contributed by atoms with E-state index in [9.17, 15) is 0 Å². The second kappa shape index (κ2) is 4.29. The van der Waals surface area contributed by atoms with Crippen LogP contribution in [0.3, 0.4) is 0 Å². The maximum atomic E-state index is 2.60. The fraction of sp³-hybridized carbons (Fsp3) is 0.857. The molecule has 0 aromatic heterocycles. The first-order chi connectivity index (χ1) is 6.77. The smallest absolute Gasteiger partial charge is 0.0171 e. The Morgan fingerprint density at radius 2 is 1.80 bits per heavy atom. The van der Waals surface area contributed by atoms with E-state index in [2.05, 4.69) is 52.5 Å². The van der Waals surface area contributed by atoms with Crippen LogP contribution in [-0.2, 0) is 0 Å². The first-order valence-corrected chi connectivity index (χ1v) is 6.22. The predicted molar refractivity (Wildman–Crippen MR) is 68.1 cm³/mol. The molecule has 0 unspecified atom stereocenters. The summed E-state index contributed by atoms with van der Waals surface area (Å²) in [6.45, 7) is 16.3. The molecule has 0 fully saturated rings. The number of rotatable bonds is 2. The Morgan fingerprint density at radius 1 is 1.20 bits per heavy atom. The number of nitrogens with zero attached hydrogens (tertiary/aromatic N) is 1. The molecule has 0 atom stereocenters. The molecule has 0 saturated carbocycles. The zero-order valence-electron chi connectivity index (χ0n) is 11.4. The summed E-state index contributed by atoms with van der Waals surface area (Å²) in [5.74, 6) is 0. The number of hydrogen-bond donors (Lipinski definition) is 0. The van der Waals surface area contributed by atoms with E-state index in [1.165, 1.54) is 19.4 Å². The Morgan fingerprint density at radius 3 is 2.13 bits per heavy atom. The van der Waals surface area contributed by atoms with Crippen LogP contribution < -0.4 is 0 Å². The largest absolute Gasteiger partial charge is 0.294 e. The van der Waals surface area contributed by atoms with Gasteiger partial charge in [0.1, 0.15) is 0 Å². The monoisotopic (exact) mass is 209 g/mol. The van der Waals surface area contributed by atoms with Crippen LogP contribution in [0.1, 0.15) is 54.4 Å². The Balaban J connectivity index is 2.66. The van der Waals surface area contributed by atoms with Gasteiger partial charge < -0.3 is 0 Å². The summed E-state index contributed by atoms with van der Waals surface area (Å²) in [5, 5.41) is 0. The third-order valence-corrected chi connectivity index (χ3v) is 3.89. The molecule has 0 saturated heterocycles. The van der Waals surface area contributed by atoms with Gasteiger partial charge in [-0.2, -0.15) is 0 Å². The lowest BCUT2D eigenvalue weighted by Crippen LogP contribution is -2.46. The fourth-order valence-corrected chi connectivity index (χ4v) is 2.12. The highest BCUT2D eigenvalue weighted by molar-refractivity contribution is 5.15. The molecule has 0 radical (unpaired) electrons. The van der Waals surface area contributed by atoms with Gasteiger partial charge in [0.05, 0.1) is 0 Å². The van der Waals surface area contributed by atoms with Crippen molar-refractivity contribution >= 4 is 0 Å². The van der Waals surface area contributed by atoms with Gasteiger partial charge >= 0.3 is 0 Å². The highest BCUT2D eigenvalue weighted by atomic mass is 15.2. The van der Waals surface area contributed by atoms with Gasteiger partial charge in [-0.1, -0.05) is 39.3 Å². The van der Waals surface area contributed by atoms with Crippen LogP contribution in [0.5, 0.6) is 0 Å². The molecule has 0 bridgehead atoms. The average Bonchev–Trinajstić information content (AvgIpc) is 2.17. The molecular formula is C14H27N. The molecule has 0 aromatic carbocycles. The van der Waals surface area contributed by atoms with Crippen molar-refractivity contribution in [2.75, 3.05) is 13.1 Å². The minimum absolute atomic E-state index is 0.361. The molecule has 0 aliphatic carbocycles. The van der Waals surface area contributed by atoms with E-state index in [1.807, 2.05) is 0 Å². The zero-order valence-corrected chi connectivity index (χ0v) is 11.4. The highest BCUT2D eigenvalue weighted by Gasteiger charge is 2.28. The summed E-state index contributed by atoms with van der Waals surface area (Å²) in [6, 6.07) is 0. The predicted octanol–water partition coefficient (Wildman–Crippen LogP) is 3.85. The minimum Gasteiger partial charge on any atom is -0.294 e. The van der Waals surface area contributed by atoms with E-state index in [4.69, 9.17) is 0 Å². The Bertz CT molecular complexity index is 243. The molecule has 15 heavy (non-hydrogen) atoms. The fourth-order valence-electron chi connectivity index (χ4n) is 2.12. The molecule has 88 valence electrons. The van der Waals surface area contributed by atoms with Gasteiger partial charge in [-0.25, -0.2) is 0 Å². The summed E-state index contributed by atoms with van der Waals surface area (Å²) in [7, 11) is 0. The van der Waals surface area contributed by atoms with Crippen LogP contribution >= 0.6 is 0 Å². The van der Waals surface area contributed by atoms with Crippen LogP contribution in [0, 0.1) is 5.41 Å². The second-order valence-corrected chi connectivity index (χ2v) is 6.34. The summed E-state index contributed by atoms with van der Waals surface area (Å²) in [6.07, 6.45) is 4.92. The van der Waals surface area contributed by atoms with Crippen LogP contribution in [0.25, 0.3) is 0 Å². The molecule has 1 heteroatoms. The lowest BCUT2D eigenvalue weighted by atomic mass is 9.82. The van der Waals surface area contributed by atoms with Gasteiger partial charge in [-0.3, -0.25) is 4.90 Å². The second-order valence-electron chi connectivity index (χ2n) is 6.34. The van der Waals surface area contributed by atoms with Gasteiger partial charge in [0.15, 0.2) is 0 Å². The quantitative estimate of drug-likeness (QED) is 0.624. The van der Waals surface area contributed by atoms with Gasteiger partial charge in [-0.15, -0.1) is 0 Å². The van der Waals surface area contributed by atoms with Gasteiger partial charge in [0, 0.05) is 18.6 Å². The summed E-state index contributed by atoms with van der Waals surface area (Å²) in [5.41, 5.74) is 2.35. The molecule has 0 spiro atoms. The molecule has 0 amide bonds. The van der Waals surface area contributed by atoms with Gasteiger partial charge in [0.25, 0.3) is 0 Å².